The normalized spacial score (nSPS) is 14.0. The first kappa shape index (κ1) is 13.9. The van der Waals surface area contributed by atoms with Crippen molar-refractivity contribution in [3.63, 3.8) is 0 Å². The van der Waals surface area contributed by atoms with E-state index in [0.717, 1.165) is 14.7 Å². The van der Waals surface area contributed by atoms with Gasteiger partial charge in [0, 0.05) is 27.0 Å². The zero-order valence-electron chi connectivity index (χ0n) is 10.8. The highest BCUT2D eigenvalue weighted by Gasteiger charge is 2.27. The summed E-state index contributed by atoms with van der Waals surface area (Å²) >= 11 is 7.50. The molecule has 0 saturated heterocycles. The summed E-state index contributed by atoms with van der Waals surface area (Å²) in [6.45, 7) is 0. The molecule has 1 aliphatic heterocycles. The van der Waals surface area contributed by atoms with E-state index in [4.69, 9.17) is 11.6 Å². The Kier molecular flexibility index (Phi) is 3.82. The third-order valence-corrected chi connectivity index (χ3v) is 4.25. The van der Waals surface area contributed by atoms with Gasteiger partial charge in [0.15, 0.2) is 0 Å². The van der Waals surface area contributed by atoms with Crippen LogP contribution in [0.5, 0.6) is 0 Å². The molecule has 1 heterocycles. The number of carbonyl (C=O) groups is 2. The highest BCUT2D eigenvalue weighted by molar-refractivity contribution is 7.99. The minimum Gasteiger partial charge on any atom is -0.269 e. The molecule has 0 spiro atoms. The lowest BCUT2D eigenvalue weighted by atomic mass is 10.3. The molecule has 0 atom stereocenters. The molecule has 0 aliphatic carbocycles. The lowest BCUT2D eigenvalue weighted by molar-refractivity contribution is -0.120. The Bertz CT molecular complexity index is 725. The predicted octanol–water partition coefficient (Wildman–Crippen LogP) is 3.92. The van der Waals surface area contributed by atoms with Crippen LogP contribution in [0.1, 0.15) is 0 Å². The first-order chi connectivity index (χ1) is 10.1. The number of anilines is 1. The number of halogens is 1. The van der Waals surface area contributed by atoms with Crippen LogP contribution in [-0.2, 0) is 9.59 Å². The molecule has 0 radical (unpaired) electrons. The number of hydrogen-bond donors (Lipinski definition) is 0. The van der Waals surface area contributed by atoms with Gasteiger partial charge in [0.25, 0.3) is 11.8 Å². The van der Waals surface area contributed by atoms with Crippen molar-refractivity contribution in [2.75, 3.05) is 4.90 Å². The van der Waals surface area contributed by atoms with Crippen molar-refractivity contribution >= 4 is 40.9 Å². The van der Waals surface area contributed by atoms with Gasteiger partial charge in [0.1, 0.15) is 0 Å². The summed E-state index contributed by atoms with van der Waals surface area (Å²) in [6.07, 6.45) is 2.53. The Balaban J connectivity index is 2.02. The Morgan fingerprint density at radius 1 is 0.905 bits per heavy atom. The fourth-order valence-corrected chi connectivity index (χ4v) is 3.11. The van der Waals surface area contributed by atoms with Gasteiger partial charge in [0.05, 0.1) is 5.69 Å². The topological polar surface area (TPSA) is 37.4 Å². The zero-order chi connectivity index (χ0) is 14.8. The quantitative estimate of drug-likeness (QED) is 0.806. The van der Waals surface area contributed by atoms with Crippen molar-refractivity contribution in [2.24, 2.45) is 0 Å². The summed E-state index contributed by atoms with van der Waals surface area (Å²) in [5, 5.41) is 0.481. The van der Waals surface area contributed by atoms with Crippen molar-refractivity contribution in [2.45, 2.75) is 9.79 Å². The molecule has 2 aromatic rings. The van der Waals surface area contributed by atoms with E-state index in [0.29, 0.717) is 10.7 Å². The minimum absolute atomic E-state index is 0.350. The average molecular weight is 316 g/mol. The summed E-state index contributed by atoms with van der Waals surface area (Å²) in [6, 6.07) is 14.9. The van der Waals surface area contributed by atoms with E-state index in [1.54, 1.807) is 12.1 Å². The minimum atomic E-state index is -0.350. The number of amides is 2. The molecule has 2 amide bonds. The molecular weight excluding hydrogens is 306 g/mol. The van der Waals surface area contributed by atoms with Crippen molar-refractivity contribution in [3.05, 3.63) is 65.7 Å². The van der Waals surface area contributed by atoms with Crippen molar-refractivity contribution in [1.29, 1.82) is 0 Å². The second kappa shape index (κ2) is 5.76. The molecule has 1 aliphatic rings. The van der Waals surface area contributed by atoms with Gasteiger partial charge in [-0.3, -0.25) is 9.59 Å². The maximum absolute atomic E-state index is 11.9. The number of benzene rings is 2. The van der Waals surface area contributed by atoms with Gasteiger partial charge in [-0.2, -0.15) is 0 Å². The van der Waals surface area contributed by atoms with Gasteiger partial charge in [-0.05, 0) is 30.3 Å². The van der Waals surface area contributed by atoms with E-state index >= 15 is 0 Å². The number of rotatable bonds is 3. The maximum atomic E-state index is 11.9. The summed E-state index contributed by atoms with van der Waals surface area (Å²) in [7, 11) is 0. The van der Waals surface area contributed by atoms with Gasteiger partial charge in [-0.15, -0.1) is 0 Å². The highest BCUT2D eigenvalue weighted by atomic mass is 35.5. The van der Waals surface area contributed by atoms with Crippen LogP contribution >= 0.6 is 23.4 Å². The number of nitrogens with zero attached hydrogens (tertiary/aromatic N) is 1. The van der Waals surface area contributed by atoms with Gasteiger partial charge in [-0.25, -0.2) is 4.90 Å². The standard InChI is InChI=1S/C16H10ClNO2S/c17-11-6-7-14(21-12-4-2-1-3-5-12)13(10-11)18-15(19)8-9-16(18)20/h1-10H. The van der Waals surface area contributed by atoms with Crippen LogP contribution in [-0.4, -0.2) is 11.8 Å². The lowest BCUT2D eigenvalue weighted by Gasteiger charge is -2.18. The van der Waals surface area contributed by atoms with Gasteiger partial charge in [-0.1, -0.05) is 41.6 Å². The van der Waals surface area contributed by atoms with Crippen LogP contribution in [0, 0.1) is 0 Å². The first-order valence-corrected chi connectivity index (χ1v) is 7.43. The summed E-state index contributed by atoms with van der Waals surface area (Å²) in [5.74, 6) is -0.700. The maximum Gasteiger partial charge on any atom is 0.258 e. The summed E-state index contributed by atoms with van der Waals surface area (Å²) in [4.78, 5) is 26.7. The molecule has 0 fully saturated rings. The fraction of sp³-hybridized carbons (Fsp3) is 0. The Labute approximate surface area is 131 Å². The SMILES string of the molecule is O=C1C=CC(=O)N1c1cc(Cl)ccc1Sc1ccccc1. The third kappa shape index (κ3) is 2.86. The van der Waals surface area contributed by atoms with Crippen molar-refractivity contribution in [3.8, 4) is 0 Å². The molecule has 5 heteroatoms. The molecular formula is C16H10ClNO2S. The molecule has 0 saturated carbocycles. The van der Waals surface area contributed by atoms with Gasteiger partial charge >= 0.3 is 0 Å². The summed E-state index contributed by atoms with van der Waals surface area (Å²) in [5.41, 5.74) is 0.511. The number of hydrogen-bond acceptors (Lipinski definition) is 3. The molecule has 0 N–H and O–H groups in total. The van der Waals surface area contributed by atoms with Crippen LogP contribution < -0.4 is 4.90 Å². The zero-order valence-corrected chi connectivity index (χ0v) is 12.4. The molecule has 0 aromatic heterocycles. The van der Waals surface area contributed by atoms with Crippen LogP contribution in [0.15, 0.2) is 70.5 Å². The molecule has 3 rings (SSSR count). The van der Waals surface area contributed by atoms with E-state index in [1.165, 1.54) is 23.9 Å². The molecule has 0 bridgehead atoms. The Hall–Kier alpha value is -2.04. The van der Waals surface area contributed by atoms with Gasteiger partial charge in [0.2, 0.25) is 0 Å². The van der Waals surface area contributed by atoms with E-state index < -0.39 is 0 Å². The van der Waals surface area contributed by atoms with Crippen LogP contribution in [0.25, 0.3) is 0 Å². The van der Waals surface area contributed by atoms with Crippen LogP contribution in [0.2, 0.25) is 5.02 Å². The monoisotopic (exact) mass is 315 g/mol. The largest absolute Gasteiger partial charge is 0.269 e. The Morgan fingerprint density at radius 2 is 1.57 bits per heavy atom. The second-order valence-corrected chi connectivity index (χ2v) is 5.92. The lowest BCUT2D eigenvalue weighted by Crippen LogP contribution is -2.30. The number of carbonyl (C=O) groups excluding carboxylic acids is 2. The van der Waals surface area contributed by atoms with E-state index in [1.807, 2.05) is 36.4 Å². The molecule has 21 heavy (non-hydrogen) atoms. The predicted molar refractivity (Wildman–Crippen MR) is 83.7 cm³/mol. The van der Waals surface area contributed by atoms with E-state index in [9.17, 15) is 9.59 Å². The van der Waals surface area contributed by atoms with E-state index in [-0.39, 0.29) is 11.8 Å². The van der Waals surface area contributed by atoms with Gasteiger partial charge < -0.3 is 0 Å². The molecule has 3 nitrogen and oxygen atoms in total. The van der Waals surface area contributed by atoms with E-state index in [2.05, 4.69) is 0 Å². The van der Waals surface area contributed by atoms with Crippen LogP contribution in [0.3, 0.4) is 0 Å². The van der Waals surface area contributed by atoms with Crippen LogP contribution in [0.4, 0.5) is 5.69 Å². The second-order valence-electron chi connectivity index (χ2n) is 4.37. The molecule has 2 aromatic carbocycles. The van der Waals surface area contributed by atoms with Crippen molar-refractivity contribution in [1.82, 2.24) is 0 Å². The third-order valence-electron chi connectivity index (χ3n) is 2.94. The average Bonchev–Trinajstić information content (AvgIpc) is 2.81. The molecule has 0 unspecified atom stereocenters. The smallest absolute Gasteiger partial charge is 0.258 e. The Morgan fingerprint density at radius 3 is 2.24 bits per heavy atom. The highest BCUT2D eigenvalue weighted by Crippen LogP contribution is 2.38. The number of imide groups is 1. The fourth-order valence-electron chi connectivity index (χ4n) is 2.00. The summed E-state index contributed by atoms with van der Waals surface area (Å²) < 4.78 is 0. The first-order valence-electron chi connectivity index (χ1n) is 6.24. The van der Waals surface area contributed by atoms with Crippen molar-refractivity contribution < 1.29 is 9.59 Å². The molecule has 104 valence electrons.